The molecular formula is C52H37NO. The third-order valence-electron chi connectivity index (χ3n) is 12.1. The first-order valence-electron chi connectivity index (χ1n) is 18.9. The Morgan fingerprint density at radius 1 is 0.407 bits per heavy atom. The number of hydrogen-bond donors (Lipinski definition) is 0. The minimum Gasteiger partial charge on any atom is -0.456 e. The second-order valence-corrected chi connectivity index (χ2v) is 15.2. The van der Waals surface area contributed by atoms with Gasteiger partial charge in [0, 0.05) is 27.6 Å². The van der Waals surface area contributed by atoms with Gasteiger partial charge in [-0.3, -0.25) is 0 Å². The van der Waals surface area contributed by atoms with Gasteiger partial charge < -0.3 is 9.32 Å². The molecule has 0 saturated carbocycles. The Morgan fingerprint density at radius 3 is 1.72 bits per heavy atom. The smallest absolute Gasteiger partial charge is 0.135 e. The van der Waals surface area contributed by atoms with Crippen LogP contribution in [0.25, 0.3) is 44.2 Å². The number of para-hydroxylation sites is 1. The van der Waals surface area contributed by atoms with Gasteiger partial charge in [0.15, 0.2) is 0 Å². The molecule has 9 aromatic rings. The first-order chi connectivity index (χ1) is 26.5. The topological polar surface area (TPSA) is 16.4 Å². The summed E-state index contributed by atoms with van der Waals surface area (Å²) >= 11 is 0. The van der Waals surface area contributed by atoms with Gasteiger partial charge in [-0.15, -0.1) is 0 Å². The largest absolute Gasteiger partial charge is 0.456 e. The van der Waals surface area contributed by atoms with Gasteiger partial charge in [-0.1, -0.05) is 159 Å². The van der Waals surface area contributed by atoms with E-state index in [9.17, 15) is 0 Å². The highest BCUT2D eigenvalue weighted by atomic mass is 16.3. The molecular weight excluding hydrogens is 655 g/mol. The third-order valence-corrected chi connectivity index (χ3v) is 12.1. The van der Waals surface area contributed by atoms with Gasteiger partial charge in [0.1, 0.15) is 11.2 Å². The first-order valence-corrected chi connectivity index (χ1v) is 18.9. The van der Waals surface area contributed by atoms with E-state index in [1.165, 1.54) is 61.3 Å². The van der Waals surface area contributed by atoms with Crippen molar-refractivity contribution in [1.29, 1.82) is 0 Å². The second-order valence-electron chi connectivity index (χ2n) is 15.2. The lowest BCUT2D eigenvalue weighted by molar-refractivity contribution is 0.660. The Kier molecular flexibility index (Phi) is 6.55. The third kappa shape index (κ3) is 4.17. The molecule has 54 heavy (non-hydrogen) atoms. The van der Waals surface area contributed by atoms with Crippen LogP contribution in [-0.4, -0.2) is 0 Å². The fourth-order valence-corrected chi connectivity index (χ4v) is 9.86. The number of rotatable bonds is 5. The number of furan rings is 1. The molecule has 0 saturated heterocycles. The molecule has 0 atom stereocenters. The van der Waals surface area contributed by atoms with Gasteiger partial charge in [-0.2, -0.15) is 0 Å². The Hall–Kier alpha value is -6.64. The van der Waals surface area contributed by atoms with Crippen molar-refractivity contribution in [3.63, 3.8) is 0 Å². The molecule has 0 unspecified atom stereocenters. The average Bonchev–Trinajstić information content (AvgIpc) is 3.83. The van der Waals surface area contributed by atoms with Crippen molar-refractivity contribution in [1.82, 2.24) is 0 Å². The molecule has 1 aromatic heterocycles. The van der Waals surface area contributed by atoms with Crippen molar-refractivity contribution in [3.8, 4) is 22.3 Å². The second kappa shape index (κ2) is 11.4. The van der Waals surface area contributed by atoms with Gasteiger partial charge in [0.25, 0.3) is 0 Å². The molecule has 256 valence electrons. The van der Waals surface area contributed by atoms with E-state index in [1.807, 2.05) is 6.07 Å². The molecule has 8 aromatic carbocycles. The number of anilines is 3. The standard InChI is InChI=1S/C52H37NO/c1-51(2)44-24-12-9-21-39(44)42-23-15-26-47(50(42)51)53(36-29-31-49-43(32-36)41-22-11-14-27-48(41)54-49)37-28-30-40-38-20-10-13-25-45(38)52(46(40)33-37,34-16-5-3-6-17-34)35-18-7-4-8-19-35/h3-33H,1-2H3. The normalized spacial score (nSPS) is 14.4. The molecule has 11 rings (SSSR count). The zero-order valence-electron chi connectivity index (χ0n) is 30.3. The molecule has 0 aliphatic heterocycles. The quantitative estimate of drug-likeness (QED) is 0.179. The summed E-state index contributed by atoms with van der Waals surface area (Å²) in [7, 11) is 0. The van der Waals surface area contributed by atoms with Gasteiger partial charge in [0.05, 0.1) is 11.1 Å². The van der Waals surface area contributed by atoms with Crippen molar-refractivity contribution in [2.45, 2.75) is 24.7 Å². The van der Waals surface area contributed by atoms with Crippen molar-refractivity contribution in [2.75, 3.05) is 4.90 Å². The summed E-state index contributed by atoms with van der Waals surface area (Å²) in [5, 5.41) is 2.23. The Morgan fingerprint density at radius 2 is 0.963 bits per heavy atom. The van der Waals surface area contributed by atoms with E-state index in [2.05, 4.69) is 201 Å². The summed E-state index contributed by atoms with van der Waals surface area (Å²) in [5.41, 5.74) is 17.4. The molecule has 2 nitrogen and oxygen atoms in total. The fourth-order valence-electron chi connectivity index (χ4n) is 9.86. The molecule has 2 heteroatoms. The number of benzene rings is 8. The molecule has 0 radical (unpaired) electrons. The SMILES string of the molecule is CC1(C)c2ccccc2-c2cccc(N(c3ccc4c(c3)C(c3ccccc3)(c3ccccc3)c3ccccc3-4)c3ccc4oc5ccccc5c4c3)c21. The highest BCUT2D eigenvalue weighted by molar-refractivity contribution is 6.07. The van der Waals surface area contributed by atoms with Crippen LogP contribution in [0.5, 0.6) is 0 Å². The maximum Gasteiger partial charge on any atom is 0.135 e. The molecule has 2 aliphatic carbocycles. The summed E-state index contributed by atoms with van der Waals surface area (Å²) in [6.45, 7) is 4.75. The molecule has 0 fully saturated rings. The van der Waals surface area contributed by atoms with Gasteiger partial charge in [-0.25, -0.2) is 0 Å². The molecule has 0 N–H and O–H groups in total. The lowest BCUT2D eigenvalue weighted by Gasteiger charge is -2.35. The van der Waals surface area contributed by atoms with Crippen LogP contribution in [0.3, 0.4) is 0 Å². The number of fused-ring (bicyclic) bond motifs is 9. The van der Waals surface area contributed by atoms with Gasteiger partial charge in [-0.05, 0) is 98.1 Å². The average molecular weight is 692 g/mol. The summed E-state index contributed by atoms with van der Waals surface area (Å²) in [5.74, 6) is 0. The van der Waals surface area contributed by atoms with Gasteiger partial charge >= 0.3 is 0 Å². The van der Waals surface area contributed by atoms with Crippen LogP contribution in [0, 0.1) is 0 Å². The van der Waals surface area contributed by atoms with Crippen molar-refractivity contribution >= 4 is 39.0 Å². The maximum atomic E-state index is 6.35. The van der Waals surface area contributed by atoms with Gasteiger partial charge in [0.2, 0.25) is 0 Å². The van der Waals surface area contributed by atoms with E-state index in [0.29, 0.717) is 0 Å². The minimum absolute atomic E-state index is 0.210. The summed E-state index contributed by atoms with van der Waals surface area (Å²) in [6, 6.07) is 69.1. The lowest BCUT2D eigenvalue weighted by Crippen LogP contribution is -2.28. The monoisotopic (exact) mass is 691 g/mol. The zero-order chi connectivity index (χ0) is 36.0. The predicted molar refractivity (Wildman–Crippen MR) is 223 cm³/mol. The molecule has 0 amide bonds. The predicted octanol–water partition coefficient (Wildman–Crippen LogP) is 13.7. The van der Waals surface area contributed by atoms with Crippen molar-refractivity contribution < 1.29 is 4.42 Å². The van der Waals surface area contributed by atoms with E-state index >= 15 is 0 Å². The first kappa shape index (κ1) is 30.9. The van der Waals surface area contributed by atoms with E-state index in [1.54, 1.807) is 0 Å². The van der Waals surface area contributed by atoms with Crippen LogP contribution >= 0.6 is 0 Å². The van der Waals surface area contributed by atoms with Crippen molar-refractivity contribution in [2.24, 2.45) is 0 Å². The number of hydrogen-bond acceptors (Lipinski definition) is 2. The maximum absolute atomic E-state index is 6.35. The van der Waals surface area contributed by atoms with Crippen LogP contribution in [-0.2, 0) is 10.8 Å². The fraction of sp³-hybridized carbons (Fsp3) is 0.0769. The Labute approximate surface area is 315 Å². The molecule has 0 spiro atoms. The summed E-state index contributed by atoms with van der Waals surface area (Å²) < 4.78 is 6.35. The van der Waals surface area contributed by atoms with Crippen LogP contribution in [0.2, 0.25) is 0 Å². The van der Waals surface area contributed by atoms with E-state index in [-0.39, 0.29) is 5.41 Å². The Balaban J connectivity index is 1.23. The van der Waals surface area contributed by atoms with E-state index < -0.39 is 5.41 Å². The van der Waals surface area contributed by atoms with Crippen LogP contribution in [0.15, 0.2) is 192 Å². The molecule has 1 heterocycles. The van der Waals surface area contributed by atoms with Crippen LogP contribution in [0.1, 0.15) is 47.2 Å². The van der Waals surface area contributed by atoms with E-state index in [4.69, 9.17) is 4.42 Å². The van der Waals surface area contributed by atoms with Crippen molar-refractivity contribution in [3.05, 3.63) is 221 Å². The Bertz CT molecular complexity index is 2880. The lowest BCUT2D eigenvalue weighted by atomic mass is 9.67. The van der Waals surface area contributed by atoms with Crippen LogP contribution < -0.4 is 4.90 Å². The summed E-state index contributed by atoms with van der Waals surface area (Å²) in [6.07, 6.45) is 0. The summed E-state index contributed by atoms with van der Waals surface area (Å²) in [4.78, 5) is 2.50. The van der Waals surface area contributed by atoms with E-state index in [0.717, 1.165) is 33.3 Å². The minimum atomic E-state index is -0.505. The van der Waals surface area contributed by atoms with Crippen LogP contribution in [0.4, 0.5) is 17.1 Å². The highest BCUT2D eigenvalue weighted by Crippen LogP contribution is 2.59. The molecule has 0 bridgehead atoms. The number of nitrogens with zero attached hydrogens (tertiary/aromatic N) is 1. The zero-order valence-corrected chi connectivity index (χ0v) is 30.3. The molecule has 2 aliphatic rings. The highest BCUT2D eigenvalue weighted by Gasteiger charge is 2.46.